The Balaban J connectivity index is 1.69. The Morgan fingerprint density at radius 3 is 2.75 bits per heavy atom. The maximum absolute atomic E-state index is 5.77. The molecule has 0 bridgehead atoms. The molecule has 0 saturated carbocycles. The lowest BCUT2D eigenvalue weighted by molar-refractivity contribution is 0.555. The van der Waals surface area contributed by atoms with E-state index in [9.17, 15) is 0 Å². The highest BCUT2D eigenvalue weighted by Gasteiger charge is 1.95. The zero-order valence-electron chi connectivity index (χ0n) is 8.94. The molecule has 1 heterocycles. The minimum atomic E-state index is 0.683. The Morgan fingerprint density at radius 2 is 2.06 bits per heavy atom. The average Bonchev–Trinajstić information content (AvgIpc) is 2.72. The van der Waals surface area contributed by atoms with Crippen LogP contribution in [0, 0.1) is 0 Å². The topological polar surface area (TPSA) is 29.9 Å². The monoisotopic (exact) mass is 235 g/mol. The molecule has 0 saturated heterocycles. The fraction of sp³-hybridized carbons (Fsp3) is 0.250. The van der Waals surface area contributed by atoms with Crippen LogP contribution in [0.4, 0.5) is 0 Å². The third-order valence-electron chi connectivity index (χ3n) is 2.29. The van der Waals surface area contributed by atoms with Gasteiger partial charge in [0.25, 0.3) is 0 Å². The van der Waals surface area contributed by atoms with Crippen LogP contribution in [0.25, 0.3) is 0 Å². The summed E-state index contributed by atoms with van der Waals surface area (Å²) in [5, 5.41) is 8.14. The first kappa shape index (κ1) is 11.2. The SMILES string of the molecule is Clc1cnn(CCNCc2ccccc2)c1. The molecule has 0 unspecified atom stereocenters. The van der Waals surface area contributed by atoms with Crippen molar-refractivity contribution < 1.29 is 0 Å². The Hall–Kier alpha value is -1.32. The minimum Gasteiger partial charge on any atom is -0.311 e. The van der Waals surface area contributed by atoms with Crippen molar-refractivity contribution in [1.82, 2.24) is 15.1 Å². The van der Waals surface area contributed by atoms with Gasteiger partial charge in [0.15, 0.2) is 0 Å². The predicted molar refractivity (Wildman–Crippen MR) is 65.4 cm³/mol. The molecule has 0 amide bonds. The number of benzene rings is 1. The predicted octanol–water partition coefficient (Wildman–Crippen LogP) is 2.33. The van der Waals surface area contributed by atoms with E-state index in [0.29, 0.717) is 5.02 Å². The third kappa shape index (κ3) is 3.36. The fourth-order valence-electron chi connectivity index (χ4n) is 1.48. The Bertz CT molecular complexity index is 425. The van der Waals surface area contributed by atoms with E-state index in [-0.39, 0.29) is 0 Å². The first-order valence-electron chi connectivity index (χ1n) is 5.27. The molecule has 3 nitrogen and oxygen atoms in total. The van der Waals surface area contributed by atoms with Crippen molar-refractivity contribution in [3.63, 3.8) is 0 Å². The second-order valence-corrected chi connectivity index (χ2v) is 4.02. The van der Waals surface area contributed by atoms with E-state index in [0.717, 1.165) is 19.6 Å². The Kier molecular flexibility index (Phi) is 3.97. The molecule has 1 aromatic carbocycles. The normalized spacial score (nSPS) is 10.6. The van der Waals surface area contributed by atoms with E-state index in [2.05, 4.69) is 22.5 Å². The van der Waals surface area contributed by atoms with Gasteiger partial charge in [0.05, 0.1) is 17.8 Å². The van der Waals surface area contributed by atoms with Gasteiger partial charge in [0.2, 0.25) is 0 Å². The van der Waals surface area contributed by atoms with Gasteiger partial charge in [-0.3, -0.25) is 4.68 Å². The summed E-state index contributed by atoms with van der Waals surface area (Å²) in [7, 11) is 0. The molecule has 4 heteroatoms. The number of hydrogen-bond donors (Lipinski definition) is 1. The summed E-state index contributed by atoms with van der Waals surface area (Å²) in [6, 6.07) is 10.3. The van der Waals surface area contributed by atoms with E-state index in [4.69, 9.17) is 11.6 Å². The smallest absolute Gasteiger partial charge is 0.0785 e. The van der Waals surface area contributed by atoms with Crippen molar-refractivity contribution in [2.24, 2.45) is 0 Å². The molecule has 0 radical (unpaired) electrons. The van der Waals surface area contributed by atoms with E-state index >= 15 is 0 Å². The minimum absolute atomic E-state index is 0.683. The molecule has 2 rings (SSSR count). The summed E-state index contributed by atoms with van der Waals surface area (Å²) < 4.78 is 1.83. The molecule has 1 N–H and O–H groups in total. The lowest BCUT2D eigenvalue weighted by Gasteiger charge is -2.04. The van der Waals surface area contributed by atoms with Gasteiger partial charge >= 0.3 is 0 Å². The molecular formula is C12H14ClN3. The second-order valence-electron chi connectivity index (χ2n) is 3.58. The molecule has 2 aromatic rings. The number of hydrogen-bond acceptors (Lipinski definition) is 2. The fourth-order valence-corrected chi connectivity index (χ4v) is 1.64. The maximum Gasteiger partial charge on any atom is 0.0785 e. The van der Waals surface area contributed by atoms with Gasteiger partial charge in [-0.25, -0.2) is 0 Å². The molecule has 84 valence electrons. The van der Waals surface area contributed by atoms with Crippen LogP contribution in [0.3, 0.4) is 0 Å². The lowest BCUT2D eigenvalue weighted by Crippen LogP contribution is -2.19. The molecule has 0 aliphatic heterocycles. The summed E-state index contributed by atoms with van der Waals surface area (Å²) in [6.45, 7) is 2.60. The second kappa shape index (κ2) is 5.68. The molecule has 0 aliphatic carbocycles. The summed E-state index contributed by atoms with van der Waals surface area (Å²) >= 11 is 5.77. The van der Waals surface area contributed by atoms with E-state index in [1.54, 1.807) is 6.20 Å². The number of aromatic nitrogens is 2. The van der Waals surface area contributed by atoms with Crippen LogP contribution in [-0.4, -0.2) is 16.3 Å². The van der Waals surface area contributed by atoms with Crippen molar-refractivity contribution in [2.45, 2.75) is 13.1 Å². The highest BCUT2D eigenvalue weighted by Crippen LogP contribution is 2.03. The molecule has 0 aliphatic rings. The van der Waals surface area contributed by atoms with E-state index in [1.165, 1.54) is 5.56 Å². The molecule has 0 spiro atoms. The van der Waals surface area contributed by atoms with Crippen LogP contribution < -0.4 is 5.32 Å². The van der Waals surface area contributed by atoms with Crippen molar-refractivity contribution in [1.29, 1.82) is 0 Å². The van der Waals surface area contributed by atoms with Crippen LogP contribution in [0.5, 0.6) is 0 Å². The van der Waals surface area contributed by atoms with Crippen molar-refractivity contribution >= 4 is 11.6 Å². The van der Waals surface area contributed by atoms with Gasteiger partial charge < -0.3 is 5.32 Å². The Morgan fingerprint density at radius 1 is 1.25 bits per heavy atom. The molecule has 0 fully saturated rings. The number of nitrogens with zero attached hydrogens (tertiary/aromatic N) is 2. The van der Waals surface area contributed by atoms with E-state index in [1.807, 2.05) is 29.1 Å². The van der Waals surface area contributed by atoms with Crippen LogP contribution in [-0.2, 0) is 13.1 Å². The van der Waals surface area contributed by atoms with Crippen molar-refractivity contribution in [3.8, 4) is 0 Å². The molecule has 16 heavy (non-hydrogen) atoms. The van der Waals surface area contributed by atoms with Crippen LogP contribution in [0.15, 0.2) is 42.7 Å². The summed E-state index contributed by atoms with van der Waals surface area (Å²) in [6.07, 6.45) is 3.48. The molecular weight excluding hydrogens is 222 g/mol. The van der Waals surface area contributed by atoms with Gasteiger partial charge in [-0.2, -0.15) is 5.10 Å². The third-order valence-corrected chi connectivity index (χ3v) is 2.49. The van der Waals surface area contributed by atoms with Gasteiger partial charge in [-0.1, -0.05) is 41.9 Å². The standard InChI is InChI=1S/C12H14ClN3/c13-12-9-15-16(10-12)7-6-14-8-11-4-2-1-3-5-11/h1-5,9-10,14H,6-8H2. The van der Waals surface area contributed by atoms with Crippen molar-refractivity contribution in [3.05, 3.63) is 53.3 Å². The number of halogens is 1. The highest BCUT2D eigenvalue weighted by molar-refractivity contribution is 6.30. The highest BCUT2D eigenvalue weighted by atomic mass is 35.5. The van der Waals surface area contributed by atoms with Crippen molar-refractivity contribution in [2.75, 3.05) is 6.54 Å². The van der Waals surface area contributed by atoms with E-state index < -0.39 is 0 Å². The zero-order valence-corrected chi connectivity index (χ0v) is 9.69. The van der Waals surface area contributed by atoms with Crippen LogP contribution in [0.2, 0.25) is 5.02 Å². The quantitative estimate of drug-likeness (QED) is 0.807. The molecule has 0 atom stereocenters. The Labute approximate surface area is 100 Å². The lowest BCUT2D eigenvalue weighted by atomic mass is 10.2. The van der Waals surface area contributed by atoms with Crippen LogP contribution in [0.1, 0.15) is 5.56 Å². The number of nitrogens with one attached hydrogen (secondary N) is 1. The first-order valence-corrected chi connectivity index (χ1v) is 5.65. The van der Waals surface area contributed by atoms with Gasteiger partial charge in [-0.15, -0.1) is 0 Å². The first-order chi connectivity index (χ1) is 7.84. The van der Waals surface area contributed by atoms with Gasteiger partial charge in [-0.05, 0) is 5.56 Å². The van der Waals surface area contributed by atoms with Crippen LogP contribution >= 0.6 is 11.6 Å². The maximum atomic E-state index is 5.77. The average molecular weight is 236 g/mol. The number of rotatable bonds is 5. The summed E-state index contributed by atoms with van der Waals surface area (Å²) in [4.78, 5) is 0. The zero-order chi connectivity index (χ0) is 11.2. The molecule has 1 aromatic heterocycles. The van der Waals surface area contributed by atoms with Gasteiger partial charge in [0.1, 0.15) is 0 Å². The largest absolute Gasteiger partial charge is 0.311 e. The summed E-state index contributed by atoms with van der Waals surface area (Å²) in [5.74, 6) is 0. The van der Waals surface area contributed by atoms with Gasteiger partial charge in [0, 0.05) is 19.3 Å². The summed E-state index contributed by atoms with van der Waals surface area (Å²) in [5.41, 5.74) is 1.29.